The summed E-state index contributed by atoms with van der Waals surface area (Å²) in [4.78, 5) is 2.21. The topological polar surface area (TPSA) is 29.5 Å². The van der Waals surface area contributed by atoms with E-state index in [4.69, 9.17) is 4.74 Å². The van der Waals surface area contributed by atoms with E-state index in [9.17, 15) is 5.11 Å². The van der Waals surface area contributed by atoms with Crippen molar-refractivity contribution in [1.29, 1.82) is 0 Å². The maximum absolute atomic E-state index is 9.24. The van der Waals surface area contributed by atoms with E-state index in [0.29, 0.717) is 0 Å². The number of ether oxygens (including phenoxy) is 1. The van der Waals surface area contributed by atoms with Gasteiger partial charge in [0.1, 0.15) is 11.5 Å². The molecule has 19 heavy (non-hydrogen) atoms. The van der Waals surface area contributed by atoms with Gasteiger partial charge in [0.15, 0.2) is 0 Å². The highest BCUT2D eigenvalue weighted by Crippen LogP contribution is 2.48. The SMILES string of the molecule is CC(CO)c1ccc2c(c1)Sc1cc(Br)ccc1O2. The van der Waals surface area contributed by atoms with Gasteiger partial charge in [0.2, 0.25) is 0 Å². The van der Waals surface area contributed by atoms with Crippen LogP contribution in [-0.4, -0.2) is 11.7 Å². The third-order valence-corrected chi connectivity index (χ3v) is 4.73. The summed E-state index contributed by atoms with van der Waals surface area (Å²) in [5.74, 6) is 1.92. The quantitative estimate of drug-likeness (QED) is 0.728. The van der Waals surface area contributed by atoms with E-state index in [1.807, 2.05) is 31.2 Å². The fourth-order valence-corrected chi connectivity index (χ4v) is 3.53. The number of rotatable bonds is 2. The predicted molar refractivity (Wildman–Crippen MR) is 80.3 cm³/mol. The lowest BCUT2D eigenvalue weighted by Crippen LogP contribution is -2.01. The number of halogens is 1. The van der Waals surface area contributed by atoms with Crippen LogP contribution in [0.4, 0.5) is 0 Å². The average molecular weight is 337 g/mol. The summed E-state index contributed by atoms with van der Waals surface area (Å²) in [6.45, 7) is 2.17. The number of hydrogen-bond donors (Lipinski definition) is 1. The molecule has 1 N–H and O–H groups in total. The smallest absolute Gasteiger partial charge is 0.141 e. The van der Waals surface area contributed by atoms with Crippen molar-refractivity contribution in [2.75, 3.05) is 6.61 Å². The number of benzene rings is 2. The van der Waals surface area contributed by atoms with Gasteiger partial charge in [-0.1, -0.05) is 40.7 Å². The first-order valence-corrected chi connectivity index (χ1v) is 7.68. The zero-order valence-corrected chi connectivity index (χ0v) is 12.8. The molecule has 1 atom stereocenters. The van der Waals surface area contributed by atoms with Crippen LogP contribution in [0.2, 0.25) is 0 Å². The lowest BCUT2D eigenvalue weighted by Gasteiger charge is -2.21. The Kier molecular flexibility index (Phi) is 3.56. The molecule has 0 saturated heterocycles. The molecular formula is C15H13BrO2S. The summed E-state index contributed by atoms with van der Waals surface area (Å²) in [5.41, 5.74) is 1.13. The Morgan fingerprint density at radius 3 is 2.58 bits per heavy atom. The van der Waals surface area contributed by atoms with Crippen LogP contribution in [-0.2, 0) is 0 Å². The van der Waals surface area contributed by atoms with Gasteiger partial charge in [0.25, 0.3) is 0 Å². The molecule has 0 fully saturated rings. The monoisotopic (exact) mass is 336 g/mol. The Labute approximate surface area is 124 Å². The van der Waals surface area contributed by atoms with Gasteiger partial charge in [-0.05, 0) is 35.9 Å². The molecule has 1 aliphatic heterocycles. The van der Waals surface area contributed by atoms with Crippen molar-refractivity contribution in [3.63, 3.8) is 0 Å². The summed E-state index contributed by atoms with van der Waals surface area (Å²) < 4.78 is 6.94. The Balaban J connectivity index is 1.98. The second-order valence-corrected chi connectivity index (χ2v) is 6.58. The summed E-state index contributed by atoms with van der Waals surface area (Å²) in [5, 5.41) is 9.24. The van der Waals surface area contributed by atoms with Crippen molar-refractivity contribution in [2.24, 2.45) is 0 Å². The van der Waals surface area contributed by atoms with Crippen LogP contribution in [0, 0.1) is 0 Å². The van der Waals surface area contributed by atoms with Crippen LogP contribution in [0.15, 0.2) is 50.7 Å². The van der Waals surface area contributed by atoms with Gasteiger partial charge in [-0.15, -0.1) is 0 Å². The second kappa shape index (κ2) is 5.19. The molecule has 0 saturated carbocycles. The van der Waals surface area contributed by atoms with E-state index in [-0.39, 0.29) is 12.5 Å². The van der Waals surface area contributed by atoms with E-state index >= 15 is 0 Å². The summed E-state index contributed by atoms with van der Waals surface area (Å²) in [6.07, 6.45) is 0. The zero-order valence-electron chi connectivity index (χ0n) is 10.4. The van der Waals surface area contributed by atoms with Crippen LogP contribution in [0.3, 0.4) is 0 Å². The molecule has 2 aromatic carbocycles. The Morgan fingerprint density at radius 2 is 1.84 bits per heavy atom. The Morgan fingerprint density at radius 1 is 1.16 bits per heavy atom. The lowest BCUT2D eigenvalue weighted by atomic mass is 10.0. The number of aliphatic hydroxyl groups excluding tert-OH is 1. The van der Waals surface area contributed by atoms with E-state index in [0.717, 1.165) is 31.3 Å². The average Bonchev–Trinajstić information content (AvgIpc) is 2.43. The van der Waals surface area contributed by atoms with E-state index in [1.165, 1.54) is 0 Å². The number of hydrogen-bond acceptors (Lipinski definition) is 3. The minimum Gasteiger partial charge on any atom is -0.455 e. The second-order valence-electron chi connectivity index (χ2n) is 4.58. The summed E-state index contributed by atoms with van der Waals surface area (Å²) in [7, 11) is 0. The first-order chi connectivity index (χ1) is 9.17. The molecule has 2 nitrogen and oxygen atoms in total. The molecular weight excluding hydrogens is 324 g/mol. The number of aliphatic hydroxyl groups is 1. The molecule has 0 aliphatic carbocycles. The molecule has 0 bridgehead atoms. The van der Waals surface area contributed by atoms with E-state index in [1.54, 1.807) is 11.8 Å². The molecule has 1 aliphatic rings. The highest BCUT2D eigenvalue weighted by Gasteiger charge is 2.19. The molecule has 2 aromatic rings. The van der Waals surface area contributed by atoms with Gasteiger partial charge in [0.05, 0.1) is 9.79 Å². The molecule has 3 rings (SSSR count). The molecule has 1 unspecified atom stereocenters. The third-order valence-electron chi connectivity index (χ3n) is 3.16. The van der Waals surface area contributed by atoms with Crippen molar-refractivity contribution in [1.82, 2.24) is 0 Å². The molecule has 4 heteroatoms. The minimum absolute atomic E-state index is 0.148. The fraction of sp³-hybridized carbons (Fsp3) is 0.200. The van der Waals surface area contributed by atoms with Crippen LogP contribution >= 0.6 is 27.7 Å². The maximum Gasteiger partial charge on any atom is 0.141 e. The van der Waals surface area contributed by atoms with Gasteiger partial charge in [0, 0.05) is 17.0 Å². The van der Waals surface area contributed by atoms with Gasteiger partial charge >= 0.3 is 0 Å². The molecule has 0 spiro atoms. The van der Waals surface area contributed by atoms with Crippen LogP contribution < -0.4 is 4.74 Å². The van der Waals surface area contributed by atoms with Gasteiger partial charge < -0.3 is 9.84 Å². The zero-order chi connectivity index (χ0) is 13.4. The van der Waals surface area contributed by atoms with E-state index in [2.05, 4.69) is 28.1 Å². The normalized spacial score (nSPS) is 14.3. The van der Waals surface area contributed by atoms with Crippen molar-refractivity contribution in [2.45, 2.75) is 22.6 Å². The van der Waals surface area contributed by atoms with Crippen LogP contribution in [0.1, 0.15) is 18.4 Å². The predicted octanol–water partition coefficient (Wildman–Crippen LogP) is 4.80. The molecule has 1 heterocycles. The summed E-state index contributed by atoms with van der Waals surface area (Å²) in [6, 6.07) is 12.1. The Bertz CT molecular complexity index is 628. The van der Waals surface area contributed by atoms with Gasteiger partial charge in [-0.2, -0.15) is 0 Å². The van der Waals surface area contributed by atoms with Crippen molar-refractivity contribution < 1.29 is 9.84 Å². The van der Waals surface area contributed by atoms with E-state index < -0.39 is 0 Å². The molecule has 0 radical (unpaired) electrons. The first-order valence-electron chi connectivity index (χ1n) is 6.07. The highest BCUT2D eigenvalue weighted by molar-refractivity contribution is 9.10. The minimum atomic E-state index is 0.148. The Hall–Kier alpha value is -0.970. The molecule has 0 aromatic heterocycles. The number of fused-ring (bicyclic) bond motifs is 2. The lowest BCUT2D eigenvalue weighted by molar-refractivity contribution is 0.273. The third kappa shape index (κ3) is 2.53. The maximum atomic E-state index is 9.24. The van der Waals surface area contributed by atoms with Gasteiger partial charge in [-0.25, -0.2) is 0 Å². The standard InChI is InChI=1S/C15H13BrO2S/c1-9(8-17)10-2-4-12-14(6-10)19-15-7-11(16)3-5-13(15)18-12/h2-7,9,17H,8H2,1H3. The largest absolute Gasteiger partial charge is 0.455 e. The van der Waals surface area contributed by atoms with Crippen molar-refractivity contribution in [3.8, 4) is 11.5 Å². The van der Waals surface area contributed by atoms with Crippen LogP contribution in [0.25, 0.3) is 0 Å². The molecule has 98 valence electrons. The first kappa shape index (κ1) is 13.0. The summed E-state index contributed by atoms with van der Waals surface area (Å²) >= 11 is 5.18. The van der Waals surface area contributed by atoms with Gasteiger partial charge in [-0.3, -0.25) is 0 Å². The van der Waals surface area contributed by atoms with Crippen molar-refractivity contribution >= 4 is 27.7 Å². The van der Waals surface area contributed by atoms with Crippen molar-refractivity contribution in [3.05, 3.63) is 46.4 Å². The van der Waals surface area contributed by atoms with Crippen LogP contribution in [0.5, 0.6) is 11.5 Å². The fourth-order valence-electron chi connectivity index (χ4n) is 1.98. The highest BCUT2D eigenvalue weighted by atomic mass is 79.9. The molecule has 0 amide bonds.